The van der Waals surface area contributed by atoms with E-state index >= 15 is 0 Å². The number of hydrogen-bond donors (Lipinski definition) is 1. The molecule has 0 aromatic carbocycles. The van der Waals surface area contributed by atoms with Crippen molar-refractivity contribution >= 4 is 5.97 Å². The summed E-state index contributed by atoms with van der Waals surface area (Å²) in [5.74, 6) is -20.2. The highest BCUT2D eigenvalue weighted by molar-refractivity contribution is 5.87. The van der Waals surface area contributed by atoms with Gasteiger partial charge in [0.15, 0.2) is 0 Å². The maximum atomic E-state index is 14.8. The maximum Gasteiger partial charge on any atom is 0.441 e. The van der Waals surface area contributed by atoms with E-state index in [2.05, 4.69) is 16.1 Å². The first-order chi connectivity index (χ1) is 12.1. The van der Waals surface area contributed by atoms with E-state index < -0.39 is 59.2 Å². The zero-order valence-electron chi connectivity index (χ0n) is 14.4. The number of ether oxygens (including phenoxy) is 2. The van der Waals surface area contributed by atoms with Gasteiger partial charge in [0.2, 0.25) is 11.4 Å². The van der Waals surface area contributed by atoms with E-state index in [1.165, 1.54) is 0 Å². The highest BCUT2D eigenvalue weighted by atomic mass is 19.4. The minimum absolute atomic E-state index is 0.267. The Balaban J connectivity index is 4.15. The summed E-state index contributed by atoms with van der Waals surface area (Å²) in [7, 11) is 0. The van der Waals surface area contributed by atoms with Crippen LogP contribution in [0.25, 0.3) is 0 Å². The molecule has 1 heterocycles. The summed E-state index contributed by atoms with van der Waals surface area (Å²) < 4.78 is 147. The van der Waals surface area contributed by atoms with Crippen LogP contribution in [-0.2, 0) is 14.3 Å². The number of carbonyl (C=O) groups is 1. The first-order valence-electron chi connectivity index (χ1n) is 7.30. The zero-order valence-corrected chi connectivity index (χ0v) is 14.4. The molecule has 0 radical (unpaired) electrons. The van der Waals surface area contributed by atoms with E-state index in [1.54, 1.807) is 0 Å². The molecule has 1 aliphatic heterocycles. The molecule has 0 aromatic heterocycles. The SMILES string of the molecule is C=C(C)C(=O)OC1(C(F)(F)F)C(F)(F)C(C)(O)OC(CC)(C(F)(F)F)C1(F)F. The van der Waals surface area contributed by atoms with Crippen LogP contribution < -0.4 is 0 Å². The maximum absolute atomic E-state index is 14.8. The lowest BCUT2D eigenvalue weighted by Gasteiger charge is -2.59. The van der Waals surface area contributed by atoms with Crippen molar-refractivity contribution in [3.8, 4) is 0 Å². The van der Waals surface area contributed by atoms with Crippen molar-refractivity contribution < 1.29 is 63.3 Å². The van der Waals surface area contributed by atoms with Crippen LogP contribution >= 0.6 is 0 Å². The van der Waals surface area contributed by atoms with E-state index in [0.717, 1.165) is 0 Å². The second-order valence-electron chi connectivity index (χ2n) is 6.26. The van der Waals surface area contributed by atoms with Crippen LogP contribution in [0.2, 0.25) is 0 Å². The summed E-state index contributed by atoms with van der Waals surface area (Å²) in [5, 5.41) is 9.60. The first kappa shape index (κ1) is 24.5. The molecule has 0 aromatic rings. The smallest absolute Gasteiger partial charge is 0.433 e. The van der Waals surface area contributed by atoms with Crippen LogP contribution in [0.1, 0.15) is 27.2 Å². The Morgan fingerprint density at radius 3 is 1.75 bits per heavy atom. The summed E-state index contributed by atoms with van der Waals surface area (Å²) >= 11 is 0. The van der Waals surface area contributed by atoms with Gasteiger partial charge >= 0.3 is 35.8 Å². The number of alkyl halides is 10. The number of hydrogen-bond acceptors (Lipinski definition) is 4. The Labute approximate surface area is 151 Å². The van der Waals surface area contributed by atoms with Gasteiger partial charge < -0.3 is 14.6 Å². The van der Waals surface area contributed by atoms with Crippen LogP contribution in [0, 0.1) is 0 Å². The minimum atomic E-state index is -7.00. The Bertz CT molecular complexity index is 666. The van der Waals surface area contributed by atoms with Gasteiger partial charge in [-0.1, -0.05) is 13.5 Å². The molecular formula is C14H14F10O4. The molecule has 1 fully saturated rings. The number of rotatable bonds is 3. The highest BCUT2D eigenvalue weighted by Crippen LogP contribution is 2.68. The van der Waals surface area contributed by atoms with Gasteiger partial charge in [-0.3, -0.25) is 0 Å². The van der Waals surface area contributed by atoms with E-state index in [1.807, 2.05) is 0 Å². The van der Waals surface area contributed by atoms with E-state index in [0.29, 0.717) is 6.92 Å². The number of aliphatic hydroxyl groups is 1. The molecule has 1 aliphatic rings. The van der Waals surface area contributed by atoms with Crippen LogP contribution in [0.5, 0.6) is 0 Å². The molecule has 0 spiro atoms. The molecule has 0 saturated carbocycles. The third-order valence-electron chi connectivity index (χ3n) is 4.30. The van der Waals surface area contributed by atoms with Gasteiger partial charge in [0.25, 0.3) is 0 Å². The van der Waals surface area contributed by atoms with Crippen LogP contribution in [0.15, 0.2) is 12.2 Å². The van der Waals surface area contributed by atoms with Gasteiger partial charge in [-0.2, -0.15) is 43.9 Å². The van der Waals surface area contributed by atoms with Gasteiger partial charge in [0.1, 0.15) is 0 Å². The van der Waals surface area contributed by atoms with Crippen molar-refractivity contribution in [2.75, 3.05) is 0 Å². The molecular weight excluding hydrogens is 422 g/mol. The molecule has 1 N–H and O–H groups in total. The normalized spacial score (nSPS) is 35.4. The van der Waals surface area contributed by atoms with Crippen LogP contribution in [0.4, 0.5) is 43.9 Å². The van der Waals surface area contributed by atoms with E-state index in [-0.39, 0.29) is 13.8 Å². The van der Waals surface area contributed by atoms with Crippen molar-refractivity contribution in [1.82, 2.24) is 0 Å². The first-order valence-corrected chi connectivity index (χ1v) is 7.30. The predicted molar refractivity (Wildman–Crippen MR) is 70.4 cm³/mol. The fourth-order valence-corrected chi connectivity index (χ4v) is 2.77. The van der Waals surface area contributed by atoms with E-state index in [4.69, 9.17) is 0 Å². The summed E-state index contributed by atoms with van der Waals surface area (Å²) in [6.07, 6.45) is -15.4. The molecule has 28 heavy (non-hydrogen) atoms. The molecule has 0 aliphatic carbocycles. The van der Waals surface area contributed by atoms with Crippen molar-refractivity contribution in [2.45, 2.75) is 68.4 Å². The van der Waals surface area contributed by atoms with Crippen LogP contribution in [0.3, 0.4) is 0 Å². The quantitative estimate of drug-likeness (QED) is 0.411. The molecule has 3 atom stereocenters. The minimum Gasteiger partial charge on any atom is -0.433 e. The van der Waals surface area contributed by atoms with Gasteiger partial charge in [-0.25, -0.2) is 4.79 Å². The fraction of sp³-hybridized carbons (Fsp3) is 0.786. The Kier molecular flexibility index (Phi) is 5.43. The van der Waals surface area contributed by atoms with Crippen molar-refractivity contribution in [3.05, 3.63) is 12.2 Å². The number of carbonyl (C=O) groups excluding carboxylic acids is 1. The standard InChI is InChI=1S/C14H14F10O4/c1-5-9(13(19,20)21)12(17,18)10(14(22,23)24,27-7(25)6(2)3)11(15,16)8(4,26)28-9/h26H,2,5H2,1,3-4H3. The molecule has 4 nitrogen and oxygen atoms in total. The molecule has 1 rings (SSSR count). The summed E-state index contributed by atoms with van der Waals surface area (Å²) in [6.45, 7) is 3.19. The Morgan fingerprint density at radius 1 is 1.04 bits per heavy atom. The third-order valence-corrected chi connectivity index (χ3v) is 4.30. The number of esters is 1. The predicted octanol–water partition coefficient (Wildman–Crippen LogP) is 4.13. The lowest BCUT2D eigenvalue weighted by molar-refractivity contribution is -0.544. The molecule has 164 valence electrons. The van der Waals surface area contributed by atoms with Crippen LogP contribution in [-0.4, -0.2) is 52.3 Å². The molecule has 3 unspecified atom stereocenters. The van der Waals surface area contributed by atoms with Crippen molar-refractivity contribution in [1.29, 1.82) is 0 Å². The second kappa shape index (κ2) is 6.21. The van der Waals surface area contributed by atoms with Gasteiger partial charge in [0, 0.05) is 5.57 Å². The molecule has 14 heteroatoms. The van der Waals surface area contributed by atoms with Gasteiger partial charge in [-0.15, -0.1) is 0 Å². The number of halogens is 10. The lowest BCUT2D eigenvalue weighted by atomic mass is 9.70. The average Bonchev–Trinajstić information content (AvgIpc) is 2.44. The van der Waals surface area contributed by atoms with Crippen molar-refractivity contribution in [3.63, 3.8) is 0 Å². The fourth-order valence-electron chi connectivity index (χ4n) is 2.77. The summed E-state index contributed by atoms with van der Waals surface area (Å²) in [6, 6.07) is 0. The molecule has 0 bridgehead atoms. The lowest BCUT2D eigenvalue weighted by Crippen LogP contribution is -2.88. The summed E-state index contributed by atoms with van der Waals surface area (Å²) in [4.78, 5) is 11.5. The Hall–Kier alpha value is -1.57. The monoisotopic (exact) mass is 436 g/mol. The molecule has 0 amide bonds. The van der Waals surface area contributed by atoms with Gasteiger partial charge in [0.05, 0.1) is 0 Å². The zero-order chi connectivity index (χ0) is 22.8. The third kappa shape index (κ3) is 2.70. The highest BCUT2D eigenvalue weighted by Gasteiger charge is 2.98. The van der Waals surface area contributed by atoms with Crippen molar-refractivity contribution in [2.24, 2.45) is 0 Å². The van der Waals surface area contributed by atoms with Gasteiger partial charge in [-0.05, 0) is 20.3 Å². The Morgan fingerprint density at radius 2 is 1.46 bits per heavy atom. The molecule has 1 saturated heterocycles. The second-order valence-corrected chi connectivity index (χ2v) is 6.26. The largest absolute Gasteiger partial charge is 0.441 e. The summed E-state index contributed by atoms with van der Waals surface area (Å²) in [5.41, 5.74) is -12.8. The topological polar surface area (TPSA) is 55.8 Å². The van der Waals surface area contributed by atoms with E-state index in [9.17, 15) is 53.8 Å². The average molecular weight is 436 g/mol.